The predicted octanol–water partition coefficient (Wildman–Crippen LogP) is 8.96. The highest BCUT2D eigenvalue weighted by atomic mass is 16.5. The number of carbonyl (C=O) groups is 4. The lowest BCUT2D eigenvalue weighted by Gasteiger charge is -2.38. The number of phenolic OH excluding ortho intramolecular Hbond substituents is 1. The molecule has 15 heteroatoms. The van der Waals surface area contributed by atoms with E-state index in [1.807, 2.05) is 44.2 Å². The number of aromatic nitrogens is 2. The number of aryl methyl sites for hydroxylation is 1. The molecule has 6 aromatic rings. The van der Waals surface area contributed by atoms with Crippen LogP contribution in [0.1, 0.15) is 94.3 Å². The number of piperidine rings is 1. The van der Waals surface area contributed by atoms with Gasteiger partial charge in [-0.2, -0.15) is 0 Å². The number of fused-ring (bicyclic) bond motifs is 1. The number of aliphatic hydroxyl groups is 1. The zero-order chi connectivity index (χ0) is 54.4. The van der Waals surface area contributed by atoms with Crippen LogP contribution in [-0.2, 0) is 38.6 Å². The molecule has 0 atom stereocenters. The summed E-state index contributed by atoms with van der Waals surface area (Å²) in [6.45, 7) is 17.2. The van der Waals surface area contributed by atoms with E-state index < -0.39 is 11.2 Å². The SMILES string of the molecule is C=CC(=O)NCc1ccc(C(=O)Nc2ccccc2Oc2ccc(O)cc2)cc1.CC.CC(C)CCOC(C)(C)C(=O)NCC#Cc1ccc2c(=O)n(CC3(O)CCN(C(=O)CCc4ccccc4)CC3)cnc2c1. The number of ether oxygens (including phenoxy) is 2. The van der Waals surface area contributed by atoms with Crippen molar-refractivity contribution in [3.63, 3.8) is 0 Å². The zero-order valence-corrected chi connectivity index (χ0v) is 43.9. The second-order valence-corrected chi connectivity index (χ2v) is 18.7. The van der Waals surface area contributed by atoms with Gasteiger partial charge in [-0.25, -0.2) is 4.98 Å². The van der Waals surface area contributed by atoms with Crippen LogP contribution in [0, 0.1) is 17.8 Å². The molecule has 394 valence electrons. The summed E-state index contributed by atoms with van der Waals surface area (Å²) in [7, 11) is 0. The van der Waals surface area contributed by atoms with Gasteiger partial charge in [0, 0.05) is 43.8 Å². The molecule has 0 radical (unpaired) electrons. The van der Waals surface area contributed by atoms with Crippen molar-refractivity contribution in [2.75, 3.05) is 31.6 Å². The summed E-state index contributed by atoms with van der Waals surface area (Å²) in [5.74, 6) is 6.95. The summed E-state index contributed by atoms with van der Waals surface area (Å²) < 4.78 is 13.0. The number of phenols is 1. The summed E-state index contributed by atoms with van der Waals surface area (Å²) >= 11 is 0. The second kappa shape index (κ2) is 28.4. The Hall–Kier alpha value is -8.06. The van der Waals surface area contributed by atoms with Gasteiger partial charge in [-0.1, -0.05) is 101 Å². The van der Waals surface area contributed by atoms with Gasteiger partial charge in [0.15, 0.2) is 5.75 Å². The average Bonchev–Trinajstić information content (AvgIpc) is 3.41. The van der Waals surface area contributed by atoms with Crippen LogP contribution in [0.25, 0.3) is 10.9 Å². The van der Waals surface area contributed by atoms with Gasteiger partial charge in [-0.05, 0) is 129 Å². The first-order valence-corrected chi connectivity index (χ1v) is 25.3. The first kappa shape index (κ1) is 57.8. The normalized spacial score (nSPS) is 12.6. The molecule has 75 heavy (non-hydrogen) atoms. The standard InChI is InChI=1S/C35H44N4O5.C23H20N2O4.C2H6/c1-26(2)16-22-44-34(3,4)33(42)36-19-8-11-28-12-14-29-30(23-28)37-25-39(32(29)41)24-35(43)17-20-38(21-18-35)31(40)15-13-27-9-6-5-7-10-27;1-2-22(27)24-15-16-7-9-17(10-8-16)23(28)25-20-5-3-4-6-21(20)29-19-13-11-18(26)12-14-19;1-2/h5-7,9-10,12,14,23,25-26,43H,13,15-22,24H2,1-4H3,(H,36,42);2-14,26H,1,15H2,(H,24,27)(H,25,28);1-2H3. The Bertz CT molecular complexity index is 2970. The first-order chi connectivity index (χ1) is 36.0. The maximum absolute atomic E-state index is 13.2. The summed E-state index contributed by atoms with van der Waals surface area (Å²) in [6.07, 6.45) is 5.45. The van der Waals surface area contributed by atoms with E-state index in [4.69, 9.17) is 9.47 Å². The van der Waals surface area contributed by atoms with Crippen molar-refractivity contribution in [1.29, 1.82) is 0 Å². The highest BCUT2D eigenvalue weighted by Crippen LogP contribution is 2.31. The number of hydrogen-bond acceptors (Lipinski definition) is 10. The quantitative estimate of drug-likeness (QED) is 0.0409. The van der Waals surface area contributed by atoms with E-state index in [-0.39, 0.29) is 48.0 Å². The number of rotatable bonds is 18. The Morgan fingerprint density at radius 3 is 2.24 bits per heavy atom. The Balaban J connectivity index is 0.000000290. The van der Waals surface area contributed by atoms with Gasteiger partial charge in [-0.3, -0.25) is 28.5 Å². The fourth-order valence-electron chi connectivity index (χ4n) is 7.68. The van der Waals surface area contributed by atoms with E-state index in [1.165, 1.54) is 29.1 Å². The summed E-state index contributed by atoms with van der Waals surface area (Å²) in [6, 6.07) is 35.4. The number of nitrogens with one attached hydrogen (secondary N) is 3. The van der Waals surface area contributed by atoms with Crippen molar-refractivity contribution in [2.45, 2.75) is 97.9 Å². The Morgan fingerprint density at radius 2 is 1.56 bits per heavy atom. The maximum Gasteiger partial charge on any atom is 0.261 e. The van der Waals surface area contributed by atoms with Crippen LogP contribution in [0.3, 0.4) is 0 Å². The van der Waals surface area contributed by atoms with E-state index >= 15 is 0 Å². The fourth-order valence-corrected chi connectivity index (χ4v) is 7.68. The lowest BCUT2D eigenvalue weighted by Crippen LogP contribution is -2.49. The number of carbonyl (C=O) groups excluding carboxylic acids is 4. The maximum atomic E-state index is 13.2. The zero-order valence-electron chi connectivity index (χ0n) is 43.9. The van der Waals surface area contributed by atoms with Crippen molar-refractivity contribution in [3.05, 3.63) is 173 Å². The van der Waals surface area contributed by atoms with Crippen LogP contribution < -0.4 is 26.2 Å². The van der Waals surface area contributed by atoms with Crippen molar-refractivity contribution in [2.24, 2.45) is 5.92 Å². The highest BCUT2D eigenvalue weighted by Gasteiger charge is 2.35. The molecule has 5 N–H and O–H groups in total. The van der Waals surface area contributed by atoms with Gasteiger partial charge in [-0.15, -0.1) is 0 Å². The van der Waals surface area contributed by atoms with Gasteiger partial charge in [0.1, 0.15) is 17.1 Å². The molecular formula is C60H70N6O9. The molecule has 1 aromatic heterocycles. The Kier molecular flexibility index (Phi) is 21.9. The molecule has 0 saturated carbocycles. The number of para-hydroxylation sites is 2. The molecule has 2 heterocycles. The molecule has 4 amide bonds. The molecule has 0 aliphatic carbocycles. The molecular weight excluding hydrogens is 949 g/mol. The summed E-state index contributed by atoms with van der Waals surface area (Å²) in [5.41, 5.74) is 1.90. The van der Waals surface area contributed by atoms with E-state index in [9.17, 15) is 34.2 Å². The van der Waals surface area contributed by atoms with Crippen molar-refractivity contribution < 1.29 is 38.9 Å². The van der Waals surface area contributed by atoms with Crippen LogP contribution in [0.2, 0.25) is 0 Å². The number of aromatic hydroxyl groups is 1. The third-order valence-corrected chi connectivity index (χ3v) is 12.2. The fraction of sp³-hybridized carbons (Fsp3) is 0.333. The minimum atomic E-state index is -1.10. The molecule has 0 bridgehead atoms. The molecule has 1 saturated heterocycles. The molecule has 15 nitrogen and oxygen atoms in total. The summed E-state index contributed by atoms with van der Waals surface area (Å²) in [5, 5.41) is 29.4. The Morgan fingerprint density at radius 1 is 0.880 bits per heavy atom. The number of nitrogens with zero attached hydrogens (tertiary/aromatic N) is 3. The third-order valence-electron chi connectivity index (χ3n) is 12.2. The monoisotopic (exact) mass is 1020 g/mol. The highest BCUT2D eigenvalue weighted by molar-refractivity contribution is 6.05. The average molecular weight is 1020 g/mol. The number of amides is 4. The van der Waals surface area contributed by atoms with Crippen LogP contribution in [-0.4, -0.2) is 85.7 Å². The van der Waals surface area contributed by atoms with Gasteiger partial charge >= 0.3 is 0 Å². The molecule has 1 aliphatic heterocycles. The molecule has 5 aromatic carbocycles. The van der Waals surface area contributed by atoms with E-state index in [0.29, 0.717) is 97.1 Å². The van der Waals surface area contributed by atoms with Crippen LogP contribution in [0.5, 0.6) is 17.2 Å². The number of likely N-dealkylation sites (tertiary alicyclic amines) is 1. The third kappa shape index (κ3) is 18.1. The Labute approximate surface area is 440 Å². The molecule has 0 spiro atoms. The predicted molar refractivity (Wildman–Crippen MR) is 293 cm³/mol. The van der Waals surface area contributed by atoms with E-state index in [0.717, 1.165) is 17.5 Å². The first-order valence-electron chi connectivity index (χ1n) is 25.3. The number of anilines is 1. The smallest absolute Gasteiger partial charge is 0.261 e. The van der Waals surface area contributed by atoms with Crippen molar-refractivity contribution in [3.8, 4) is 29.1 Å². The molecule has 1 aliphatic rings. The molecule has 1 fully saturated rings. The van der Waals surface area contributed by atoms with Crippen molar-refractivity contribution in [1.82, 2.24) is 25.1 Å². The van der Waals surface area contributed by atoms with Gasteiger partial charge in [0.2, 0.25) is 11.8 Å². The van der Waals surface area contributed by atoms with Gasteiger partial charge in [0.25, 0.3) is 17.4 Å². The lowest BCUT2D eigenvalue weighted by molar-refractivity contribution is -0.142. The topological polar surface area (TPSA) is 201 Å². The van der Waals surface area contributed by atoms with E-state index in [2.05, 4.69) is 53.2 Å². The molecule has 0 unspecified atom stereocenters. The number of benzene rings is 5. The van der Waals surface area contributed by atoms with Crippen molar-refractivity contribution >= 4 is 40.2 Å². The van der Waals surface area contributed by atoms with Crippen LogP contribution in [0.4, 0.5) is 5.69 Å². The number of hydrogen-bond donors (Lipinski definition) is 5. The van der Waals surface area contributed by atoms with Crippen LogP contribution in [0.15, 0.2) is 145 Å². The second-order valence-electron chi connectivity index (χ2n) is 18.7. The van der Waals surface area contributed by atoms with E-state index in [1.54, 1.807) is 97.6 Å². The molecule has 7 rings (SSSR count). The minimum Gasteiger partial charge on any atom is -0.508 e. The van der Waals surface area contributed by atoms with Gasteiger partial charge in [0.05, 0.1) is 41.6 Å². The minimum absolute atomic E-state index is 0.0803. The largest absolute Gasteiger partial charge is 0.508 e. The lowest BCUT2D eigenvalue weighted by atomic mass is 9.91. The van der Waals surface area contributed by atoms with Crippen LogP contribution >= 0.6 is 0 Å². The summed E-state index contributed by atoms with van der Waals surface area (Å²) in [4.78, 5) is 68.5. The van der Waals surface area contributed by atoms with Gasteiger partial charge < -0.3 is 40.5 Å².